The third-order valence-corrected chi connectivity index (χ3v) is 10.1. The fourth-order valence-electron chi connectivity index (χ4n) is 6.23. The zero-order valence-electron chi connectivity index (χ0n) is 26.3. The van der Waals surface area contributed by atoms with Crippen molar-refractivity contribution in [3.63, 3.8) is 0 Å². The number of aliphatic hydroxyl groups excluding tert-OH is 1. The number of benzene rings is 1. The predicted molar refractivity (Wildman–Crippen MR) is 182 cm³/mol. The molecule has 3 aromatic heterocycles. The summed E-state index contributed by atoms with van der Waals surface area (Å²) in [6.07, 6.45) is 9.00. The number of rotatable bonds is 8. The Kier molecular flexibility index (Phi) is 9.62. The third kappa shape index (κ3) is 6.91. The van der Waals surface area contributed by atoms with E-state index >= 15 is 0 Å². The second kappa shape index (κ2) is 14.0. The number of carbonyl (C=O) groups is 2. The molecule has 240 valence electrons. The van der Waals surface area contributed by atoms with Gasteiger partial charge in [-0.05, 0) is 79.6 Å². The molecule has 0 unspecified atom stereocenters. The number of aryl methyl sites for hydroxylation is 3. The molecule has 2 aliphatic rings. The van der Waals surface area contributed by atoms with Crippen molar-refractivity contribution in [2.75, 3.05) is 50.0 Å². The highest BCUT2D eigenvalue weighted by Crippen LogP contribution is 2.32. The molecule has 4 aromatic rings. The number of carbonyl (C=O) groups excluding carboxylic acids is 2. The van der Waals surface area contributed by atoms with Gasteiger partial charge in [-0.1, -0.05) is 18.6 Å². The van der Waals surface area contributed by atoms with Crippen LogP contribution in [-0.2, 0) is 19.9 Å². The van der Waals surface area contributed by atoms with Crippen molar-refractivity contribution in [1.29, 1.82) is 0 Å². The topological polar surface area (TPSA) is 120 Å². The Hall–Kier alpha value is -4.32. The molecule has 3 N–H and O–H groups in total. The first-order valence-corrected chi connectivity index (χ1v) is 16.7. The van der Waals surface area contributed by atoms with Gasteiger partial charge in [-0.3, -0.25) is 19.3 Å². The van der Waals surface area contributed by atoms with Gasteiger partial charge in [0.15, 0.2) is 0 Å². The molecule has 0 radical (unpaired) electrons. The van der Waals surface area contributed by atoms with Gasteiger partial charge in [-0.15, -0.1) is 11.3 Å². The number of nitrogens with one attached hydrogen (secondary N) is 2. The van der Waals surface area contributed by atoms with Crippen LogP contribution < -0.4 is 16.2 Å². The maximum Gasteiger partial charge on any atom is 0.274 e. The number of aromatic nitrogens is 2. The largest absolute Gasteiger partial charge is 0.395 e. The van der Waals surface area contributed by atoms with Gasteiger partial charge in [0.25, 0.3) is 17.4 Å². The summed E-state index contributed by atoms with van der Waals surface area (Å²) in [5, 5.41) is 15.4. The van der Waals surface area contributed by atoms with Crippen molar-refractivity contribution in [3.05, 3.63) is 91.7 Å². The zero-order chi connectivity index (χ0) is 32.2. The summed E-state index contributed by atoms with van der Waals surface area (Å²) in [4.78, 5) is 49.8. The van der Waals surface area contributed by atoms with Crippen LogP contribution in [0.2, 0.25) is 0 Å². The van der Waals surface area contributed by atoms with Crippen LogP contribution in [0.15, 0.2) is 59.7 Å². The van der Waals surface area contributed by atoms with Crippen LogP contribution in [0.4, 0.5) is 17.2 Å². The van der Waals surface area contributed by atoms with E-state index in [2.05, 4.69) is 26.6 Å². The summed E-state index contributed by atoms with van der Waals surface area (Å²) in [7, 11) is 1.70. The molecular formula is C35H40N6O4S. The maximum absolute atomic E-state index is 13.3. The lowest BCUT2D eigenvalue weighted by Gasteiger charge is -2.34. The van der Waals surface area contributed by atoms with E-state index in [0.29, 0.717) is 36.7 Å². The van der Waals surface area contributed by atoms with E-state index in [1.165, 1.54) is 40.5 Å². The van der Waals surface area contributed by atoms with Crippen LogP contribution in [0.1, 0.15) is 55.3 Å². The molecule has 1 aliphatic carbocycles. The quantitative estimate of drug-likeness (QED) is 0.236. The summed E-state index contributed by atoms with van der Waals surface area (Å²) in [6, 6.07) is 13.0. The van der Waals surface area contributed by atoms with E-state index in [1.54, 1.807) is 47.7 Å². The molecular weight excluding hydrogens is 600 g/mol. The maximum atomic E-state index is 13.3. The molecule has 1 saturated heterocycles. The lowest BCUT2D eigenvalue weighted by Crippen LogP contribution is -2.49. The second-order valence-corrected chi connectivity index (χ2v) is 13.2. The minimum atomic E-state index is -0.217. The minimum absolute atomic E-state index is 0.0859. The normalized spacial score (nSPS) is 15.2. The summed E-state index contributed by atoms with van der Waals surface area (Å²) in [5.74, 6) is 0.265. The van der Waals surface area contributed by atoms with Crippen molar-refractivity contribution in [1.82, 2.24) is 19.4 Å². The highest BCUT2D eigenvalue weighted by molar-refractivity contribution is 7.14. The van der Waals surface area contributed by atoms with E-state index < -0.39 is 0 Å². The number of hydrogen-bond acceptors (Lipinski definition) is 8. The summed E-state index contributed by atoms with van der Waals surface area (Å²) < 4.78 is 1.52. The second-order valence-electron chi connectivity index (χ2n) is 12.0. The molecule has 1 fully saturated rings. The molecule has 0 bridgehead atoms. The first kappa shape index (κ1) is 31.7. The highest BCUT2D eigenvalue weighted by Gasteiger charge is 2.22. The zero-order valence-corrected chi connectivity index (χ0v) is 27.2. The van der Waals surface area contributed by atoms with Gasteiger partial charge >= 0.3 is 0 Å². The Morgan fingerprint density at radius 3 is 2.57 bits per heavy atom. The summed E-state index contributed by atoms with van der Waals surface area (Å²) in [5.41, 5.74) is 5.26. The van der Waals surface area contributed by atoms with Gasteiger partial charge < -0.3 is 25.2 Å². The predicted octanol–water partition coefficient (Wildman–Crippen LogP) is 4.83. The van der Waals surface area contributed by atoms with E-state index in [4.69, 9.17) is 5.11 Å². The Labute approximate surface area is 272 Å². The Morgan fingerprint density at radius 1 is 1.00 bits per heavy atom. The van der Waals surface area contributed by atoms with Crippen LogP contribution in [0.5, 0.6) is 0 Å². The summed E-state index contributed by atoms with van der Waals surface area (Å²) >= 11 is 1.61. The highest BCUT2D eigenvalue weighted by atomic mass is 32.1. The molecule has 0 atom stereocenters. The molecule has 1 aliphatic heterocycles. The first-order valence-electron chi connectivity index (χ1n) is 15.9. The van der Waals surface area contributed by atoms with Gasteiger partial charge in [0.05, 0.1) is 17.0 Å². The number of hydrogen-bond donors (Lipinski definition) is 3. The number of aliphatic hydroxyl groups is 1. The molecule has 46 heavy (non-hydrogen) atoms. The van der Waals surface area contributed by atoms with Crippen molar-refractivity contribution in [3.8, 4) is 11.1 Å². The van der Waals surface area contributed by atoms with Crippen molar-refractivity contribution >= 4 is 40.3 Å². The fraction of sp³-hybridized carbons (Fsp3) is 0.371. The lowest BCUT2D eigenvalue weighted by atomic mass is 10.00. The number of amides is 2. The van der Waals surface area contributed by atoms with Gasteiger partial charge in [-0.2, -0.15) is 0 Å². The number of anilines is 3. The van der Waals surface area contributed by atoms with Crippen LogP contribution in [-0.4, -0.2) is 75.6 Å². The van der Waals surface area contributed by atoms with Gasteiger partial charge in [-0.25, -0.2) is 4.98 Å². The Morgan fingerprint density at radius 2 is 1.80 bits per heavy atom. The molecule has 4 heterocycles. The monoisotopic (exact) mass is 640 g/mol. The standard InChI is InChI=1S/C35H40N6O4S/c1-23-27(8-6-9-28(23)38-33(43)31-20-24-7-4-3-5-10-30(24)46-31)26-19-29(35(45)39(2)22-26)37-32-12-11-25(21-36-32)34(44)41-15-13-40(14-16-41)17-18-42/h6,8-9,11-12,19-22,42H,3-5,7,10,13-18H2,1-2H3,(H,36,37)(H,38,43). The van der Waals surface area contributed by atoms with E-state index in [-0.39, 0.29) is 24.0 Å². The number of piperazine rings is 1. The van der Waals surface area contributed by atoms with Crippen molar-refractivity contribution in [2.24, 2.45) is 7.05 Å². The molecule has 11 heteroatoms. The average Bonchev–Trinajstić information content (AvgIpc) is 3.35. The van der Waals surface area contributed by atoms with Crippen molar-refractivity contribution in [2.45, 2.75) is 39.0 Å². The number of pyridine rings is 2. The average molecular weight is 641 g/mol. The third-order valence-electron chi connectivity index (χ3n) is 8.90. The molecule has 0 spiro atoms. The van der Waals surface area contributed by atoms with Crippen LogP contribution in [0.3, 0.4) is 0 Å². The number of fused-ring (bicyclic) bond motifs is 1. The molecule has 1 aromatic carbocycles. The molecule has 10 nitrogen and oxygen atoms in total. The number of thiophene rings is 1. The SMILES string of the molecule is Cc1c(NC(=O)c2cc3c(s2)CCCCC3)cccc1-c1cc(Nc2ccc(C(=O)N3CCN(CCO)CC3)cn2)c(=O)n(C)c1. The fourth-order valence-corrected chi connectivity index (χ4v) is 7.38. The van der Waals surface area contributed by atoms with Crippen LogP contribution >= 0.6 is 11.3 Å². The minimum Gasteiger partial charge on any atom is -0.395 e. The van der Waals surface area contributed by atoms with Gasteiger partial charge in [0.2, 0.25) is 0 Å². The summed E-state index contributed by atoms with van der Waals surface area (Å²) in [6.45, 7) is 5.34. The lowest BCUT2D eigenvalue weighted by molar-refractivity contribution is 0.0614. The smallest absolute Gasteiger partial charge is 0.274 e. The number of nitrogens with zero attached hydrogens (tertiary/aromatic N) is 4. The van der Waals surface area contributed by atoms with Crippen LogP contribution in [0.25, 0.3) is 11.1 Å². The number of β-amino-alcohol motifs (C(OH)–C–C–N with tert-alkyl or cyclic N) is 1. The van der Waals surface area contributed by atoms with Crippen molar-refractivity contribution < 1.29 is 14.7 Å². The van der Waals surface area contributed by atoms with E-state index in [0.717, 1.165) is 53.2 Å². The Bertz CT molecular complexity index is 1770. The van der Waals surface area contributed by atoms with E-state index in [1.807, 2.05) is 25.1 Å². The molecule has 0 saturated carbocycles. The van der Waals surface area contributed by atoms with Gasteiger partial charge in [0, 0.05) is 68.3 Å². The molecule has 6 rings (SSSR count). The van der Waals surface area contributed by atoms with E-state index in [9.17, 15) is 14.4 Å². The van der Waals surface area contributed by atoms with Gasteiger partial charge in [0.1, 0.15) is 11.5 Å². The Balaban J connectivity index is 1.17. The molecule has 2 amide bonds. The van der Waals surface area contributed by atoms with Crippen LogP contribution in [0, 0.1) is 6.92 Å². The first-order chi connectivity index (χ1) is 22.3.